The van der Waals surface area contributed by atoms with E-state index in [4.69, 9.17) is 16.3 Å². The zero-order valence-electron chi connectivity index (χ0n) is 11.3. The molecular weight excluding hydrogens is 306 g/mol. The van der Waals surface area contributed by atoms with E-state index in [0.717, 1.165) is 16.7 Å². The summed E-state index contributed by atoms with van der Waals surface area (Å²) in [6.45, 7) is -0.478. The third-order valence-electron chi connectivity index (χ3n) is 2.66. The molecule has 0 atom stereocenters. The van der Waals surface area contributed by atoms with E-state index in [0.29, 0.717) is 16.2 Å². The average molecular weight is 317 g/mol. The maximum Gasteiger partial charge on any atom is 0.341 e. The molecule has 0 aromatic heterocycles. The number of carboxylic acids is 1. The van der Waals surface area contributed by atoms with Gasteiger partial charge >= 0.3 is 5.97 Å². The number of nitrogens with zero attached hydrogens (tertiary/aromatic N) is 1. The van der Waals surface area contributed by atoms with Crippen LogP contribution in [0.4, 0.5) is 4.79 Å². The molecule has 1 heterocycles. The van der Waals surface area contributed by atoms with Gasteiger partial charge in [-0.2, -0.15) is 0 Å². The predicted molar refractivity (Wildman–Crippen MR) is 81.1 cm³/mol. The molecule has 0 unspecified atom stereocenters. The Hall–Kier alpha value is -2.72. The molecule has 1 saturated heterocycles. The van der Waals surface area contributed by atoms with Crippen LogP contribution in [-0.4, -0.2) is 40.3 Å². The molecule has 7 heteroatoms. The molecule has 1 fully saturated rings. The number of rotatable bonds is 5. The maximum absolute atomic E-state index is 12.0. The number of carboxylic acid groups (broad SMARTS) is 1. The number of carbonyl (C=O) groups is 3. The number of thioether (sulfide) groups is 1. The first kappa shape index (κ1) is 15.7. The third kappa shape index (κ3) is 3.68. The molecular formula is C15H11NO5S. The van der Waals surface area contributed by atoms with E-state index in [2.05, 4.69) is 5.92 Å². The fourth-order valence-corrected chi connectivity index (χ4v) is 2.52. The SMILES string of the molecule is C#CCN1C(=O)S/C(=C/c2ccc(OCC(=O)O)cc2)C1=O. The maximum atomic E-state index is 12.0. The van der Waals surface area contributed by atoms with Gasteiger partial charge in [0, 0.05) is 0 Å². The summed E-state index contributed by atoms with van der Waals surface area (Å²) in [5.74, 6) is 1.19. The van der Waals surface area contributed by atoms with Gasteiger partial charge in [0.2, 0.25) is 0 Å². The van der Waals surface area contributed by atoms with Crippen LogP contribution in [0.1, 0.15) is 5.56 Å². The second-order valence-corrected chi connectivity index (χ2v) is 5.22. The lowest BCUT2D eigenvalue weighted by molar-refractivity contribution is -0.139. The Morgan fingerprint density at radius 3 is 2.64 bits per heavy atom. The van der Waals surface area contributed by atoms with Crippen molar-refractivity contribution in [2.75, 3.05) is 13.2 Å². The van der Waals surface area contributed by atoms with Crippen molar-refractivity contribution in [3.05, 3.63) is 34.7 Å². The van der Waals surface area contributed by atoms with E-state index < -0.39 is 23.7 Å². The Bertz CT molecular complexity index is 687. The molecule has 6 nitrogen and oxygen atoms in total. The van der Waals surface area contributed by atoms with E-state index >= 15 is 0 Å². The van der Waals surface area contributed by atoms with Crippen molar-refractivity contribution in [1.82, 2.24) is 4.90 Å². The Labute approximate surface area is 130 Å². The van der Waals surface area contributed by atoms with Gasteiger partial charge in [-0.1, -0.05) is 18.1 Å². The summed E-state index contributed by atoms with van der Waals surface area (Å²) in [6.07, 6.45) is 6.69. The first-order chi connectivity index (χ1) is 10.5. The van der Waals surface area contributed by atoms with Gasteiger partial charge in [0.05, 0.1) is 11.4 Å². The van der Waals surface area contributed by atoms with E-state index in [1.54, 1.807) is 30.3 Å². The minimum absolute atomic E-state index is 0.0516. The van der Waals surface area contributed by atoms with Crippen molar-refractivity contribution in [3.8, 4) is 18.1 Å². The van der Waals surface area contributed by atoms with Gasteiger partial charge in [-0.15, -0.1) is 6.42 Å². The van der Waals surface area contributed by atoms with Crippen molar-refractivity contribution in [2.24, 2.45) is 0 Å². The van der Waals surface area contributed by atoms with Crippen LogP contribution in [-0.2, 0) is 9.59 Å². The molecule has 112 valence electrons. The molecule has 22 heavy (non-hydrogen) atoms. The van der Waals surface area contributed by atoms with Crippen LogP contribution in [0.15, 0.2) is 29.2 Å². The van der Waals surface area contributed by atoms with Crippen LogP contribution in [0.2, 0.25) is 0 Å². The number of benzene rings is 1. The van der Waals surface area contributed by atoms with Gasteiger partial charge in [0.1, 0.15) is 5.75 Å². The number of amides is 2. The Morgan fingerprint density at radius 1 is 1.36 bits per heavy atom. The van der Waals surface area contributed by atoms with Crippen molar-refractivity contribution in [1.29, 1.82) is 0 Å². The minimum Gasteiger partial charge on any atom is -0.482 e. The molecule has 0 saturated carbocycles. The lowest BCUT2D eigenvalue weighted by Gasteiger charge is -2.06. The van der Waals surface area contributed by atoms with Gasteiger partial charge in [-0.25, -0.2) is 4.79 Å². The summed E-state index contributed by atoms with van der Waals surface area (Å²) in [4.78, 5) is 35.3. The molecule has 0 bridgehead atoms. The highest BCUT2D eigenvalue weighted by Crippen LogP contribution is 2.32. The lowest BCUT2D eigenvalue weighted by atomic mass is 10.2. The molecule has 1 aliphatic rings. The average Bonchev–Trinajstić information content (AvgIpc) is 2.74. The van der Waals surface area contributed by atoms with Crippen LogP contribution in [0, 0.1) is 12.3 Å². The quantitative estimate of drug-likeness (QED) is 0.659. The van der Waals surface area contributed by atoms with Crippen LogP contribution >= 0.6 is 11.8 Å². The first-order valence-corrected chi connectivity index (χ1v) is 6.96. The number of hydrogen-bond acceptors (Lipinski definition) is 5. The van der Waals surface area contributed by atoms with Crippen molar-refractivity contribution >= 4 is 35.0 Å². The topological polar surface area (TPSA) is 83.9 Å². The van der Waals surface area contributed by atoms with Crippen LogP contribution in [0.3, 0.4) is 0 Å². The molecule has 2 amide bonds. The fourth-order valence-electron chi connectivity index (χ4n) is 1.68. The standard InChI is InChI=1S/C15H11NO5S/c1-2-7-16-14(19)12(22-15(16)20)8-10-3-5-11(6-4-10)21-9-13(17)18/h1,3-6,8H,7,9H2,(H,17,18)/b12-8+. The molecule has 1 N–H and O–H groups in total. The summed E-state index contributed by atoms with van der Waals surface area (Å²) in [7, 11) is 0. The zero-order valence-corrected chi connectivity index (χ0v) is 12.1. The molecule has 0 aliphatic carbocycles. The van der Waals surface area contributed by atoms with Crippen molar-refractivity contribution in [2.45, 2.75) is 0 Å². The highest BCUT2D eigenvalue weighted by atomic mass is 32.2. The smallest absolute Gasteiger partial charge is 0.341 e. The number of hydrogen-bond donors (Lipinski definition) is 1. The second-order valence-electron chi connectivity index (χ2n) is 4.22. The molecule has 0 spiro atoms. The van der Waals surface area contributed by atoms with Gasteiger partial charge < -0.3 is 9.84 Å². The predicted octanol–water partition coefficient (Wildman–Crippen LogP) is 1.82. The highest BCUT2D eigenvalue weighted by molar-refractivity contribution is 8.18. The normalized spacial score (nSPS) is 16.0. The van der Waals surface area contributed by atoms with Crippen molar-refractivity contribution in [3.63, 3.8) is 0 Å². The van der Waals surface area contributed by atoms with Crippen LogP contribution < -0.4 is 4.74 Å². The van der Waals surface area contributed by atoms with E-state index in [-0.39, 0.29) is 6.54 Å². The summed E-state index contributed by atoms with van der Waals surface area (Å²) < 4.78 is 5.00. The summed E-state index contributed by atoms with van der Waals surface area (Å²) >= 11 is 0.829. The Balaban J connectivity index is 2.10. The molecule has 1 aromatic rings. The van der Waals surface area contributed by atoms with Gasteiger partial charge in [0.15, 0.2) is 6.61 Å². The Morgan fingerprint density at radius 2 is 2.05 bits per heavy atom. The monoisotopic (exact) mass is 317 g/mol. The molecule has 2 rings (SSSR count). The number of imide groups is 1. The van der Waals surface area contributed by atoms with Gasteiger partial charge in [-0.05, 0) is 35.5 Å². The molecule has 1 aliphatic heterocycles. The summed E-state index contributed by atoms with van der Waals surface area (Å²) in [5.41, 5.74) is 0.689. The van der Waals surface area contributed by atoms with Crippen LogP contribution in [0.25, 0.3) is 6.08 Å². The van der Waals surface area contributed by atoms with Crippen molar-refractivity contribution < 1.29 is 24.2 Å². The third-order valence-corrected chi connectivity index (χ3v) is 3.57. The molecule has 1 aromatic carbocycles. The van der Waals surface area contributed by atoms with E-state index in [9.17, 15) is 14.4 Å². The summed E-state index contributed by atoms with van der Waals surface area (Å²) in [6, 6.07) is 6.49. The highest BCUT2D eigenvalue weighted by Gasteiger charge is 2.34. The number of terminal acetylenes is 1. The number of aliphatic carboxylic acids is 1. The van der Waals surface area contributed by atoms with E-state index in [1.165, 1.54) is 0 Å². The molecule has 0 radical (unpaired) electrons. The number of carbonyl (C=O) groups excluding carboxylic acids is 2. The second kappa shape index (κ2) is 6.83. The van der Waals surface area contributed by atoms with Crippen LogP contribution in [0.5, 0.6) is 5.75 Å². The minimum atomic E-state index is -1.06. The Kier molecular flexibility index (Phi) is 4.86. The van der Waals surface area contributed by atoms with Gasteiger partial charge in [-0.3, -0.25) is 14.5 Å². The fraction of sp³-hybridized carbons (Fsp3) is 0.133. The zero-order chi connectivity index (χ0) is 16.1. The summed E-state index contributed by atoms with van der Waals surface area (Å²) in [5, 5.41) is 8.12. The first-order valence-electron chi connectivity index (χ1n) is 6.14. The van der Waals surface area contributed by atoms with Gasteiger partial charge in [0.25, 0.3) is 11.1 Å². The van der Waals surface area contributed by atoms with E-state index in [1.807, 2.05) is 0 Å². The number of ether oxygens (including phenoxy) is 1. The lowest BCUT2D eigenvalue weighted by Crippen LogP contribution is -2.28. The largest absolute Gasteiger partial charge is 0.482 e.